The van der Waals surface area contributed by atoms with E-state index in [4.69, 9.17) is 0 Å². The first kappa shape index (κ1) is 13.8. The Bertz CT molecular complexity index is 611. The fourth-order valence-corrected chi connectivity index (χ4v) is 2.54. The molecule has 5 nitrogen and oxygen atoms in total. The number of nitrogens with one attached hydrogen (secondary N) is 3. The van der Waals surface area contributed by atoms with E-state index in [0.717, 1.165) is 37.2 Å². The summed E-state index contributed by atoms with van der Waals surface area (Å²) in [5.41, 5.74) is 3.53. The predicted octanol–water partition coefficient (Wildman–Crippen LogP) is 1.87. The quantitative estimate of drug-likeness (QED) is 0.806. The van der Waals surface area contributed by atoms with Crippen LogP contribution < -0.4 is 10.6 Å². The number of hydrogen-bond acceptors (Lipinski definition) is 3. The monoisotopic (exact) mass is 284 g/mol. The molecule has 0 unspecified atom stereocenters. The zero-order valence-electron chi connectivity index (χ0n) is 12.1. The number of aromatic nitrogens is 2. The molecule has 21 heavy (non-hydrogen) atoms. The van der Waals surface area contributed by atoms with Gasteiger partial charge < -0.3 is 10.6 Å². The van der Waals surface area contributed by atoms with E-state index in [1.807, 2.05) is 31.2 Å². The van der Waals surface area contributed by atoms with Crippen molar-refractivity contribution >= 4 is 5.91 Å². The number of aryl methyl sites for hydroxylation is 1. The van der Waals surface area contributed by atoms with Gasteiger partial charge in [0.2, 0.25) is 0 Å². The topological polar surface area (TPSA) is 69.8 Å². The molecule has 1 aromatic heterocycles. The Morgan fingerprint density at radius 1 is 1.24 bits per heavy atom. The van der Waals surface area contributed by atoms with Gasteiger partial charge in [-0.1, -0.05) is 29.8 Å². The van der Waals surface area contributed by atoms with Gasteiger partial charge in [-0.2, -0.15) is 5.10 Å². The van der Waals surface area contributed by atoms with Crippen LogP contribution in [0.5, 0.6) is 0 Å². The molecule has 0 bridgehead atoms. The molecule has 1 aromatic carbocycles. The maximum Gasteiger partial charge on any atom is 0.269 e. The van der Waals surface area contributed by atoms with E-state index in [2.05, 4.69) is 20.8 Å². The molecule has 2 heterocycles. The van der Waals surface area contributed by atoms with E-state index in [1.54, 1.807) is 6.07 Å². The van der Waals surface area contributed by atoms with E-state index in [9.17, 15) is 4.79 Å². The molecule has 2 aromatic rings. The van der Waals surface area contributed by atoms with E-state index < -0.39 is 0 Å². The van der Waals surface area contributed by atoms with Crippen molar-refractivity contribution in [2.24, 2.45) is 0 Å². The summed E-state index contributed by atoms with van der Waals surface area (Å²) < 4.78 is 0. The zero-order chi connectivity index (χ0) is 14.7. The molecule has 1 aliphatic heterocycles. The molecular formula is C16H20N4O. The maximum atomic E-state index is 12.2. The Hall–Kier alpha value is -2.14. The number of piperidine rings is 1. The molecular weight excluding hydrogens is 264 g/mol. The summed E-state index contributed by atoms with van der Waals surface area (Å²) in [6, 6.07) is 10.2. The molecule has 5 heteroatoms. The first-order valence-electron chi connectivity index (χ1n) is 7.36. The number of benzene rings is 1. The molecule has 0 radical (unpaired) electrons. The van der Waals surface area contributed by atoms with Gasteiger partial charge in [0.05, 0.1) is 5.69 Å². The van der Waals surface area contributed by atoms with Gasteiger partial charge in [0, 0.05) is 11.6 Å². The van der Waals surface area contributed by atoms with Crippen LogP contribution in [0.15, 0.2) is 30.3 Å². The molecule has 0 spiro atoms. The maximum absolute atomic E-state index is 12.2. The van der Waals surface area contributed by atoms with E-state index in [-0.39, 0.29) is 11.9 Å². The first-order chi connectivity index (χ1) is 10.2. The summed E-state index contributed by atoms with van der Waals surface area (Å²) in [5, 5.41) is 13.4. The predicted molar refractivity (Wildman–Crippen MR) is 82.1 cm³/mol. The second kappa shape index (κ2) is 6.10. The molecule has 1 amide bonds. The molecule has 0 saturated carbocycles. The Morgan fingerprint density at radius 3 is 2.67 bits per heavy atom. The molecule has 3 N–H and O–H groups in total. The third-order valence-electron chi connectivity index (χ3n) is 3.84. The summed E-state index contributed by atoms with van der Waals surface area (Å²) in [5.74, 6) is -0.0761. The van der Waals surface area contributed by atoms with Crippen LogP contribution in [0.2, 0.25) is 0 Å². The van der Waals surface area contributed by atoms with Gasteiger partial charge in [-0.15, -0.1) is 0 Å². The Balaban J connectivity index is 1.69. The summed E-state index contributed by atoms with van der Waals surface area (Å²) in [7, 11) is 0. The van der Waals surface area contributed by atoms with Gasteiger partial charge in [-0.25, -0.2) is 0 Å². The lowest BCUT2D eigenvalue weighted by atomic mass is 10.1. The molecule has 0 atom stereocenters. The number of aromatic amines is 1. The van der Waals surface area contributed by atoms with Crippen molar-refractivity contribution in [3.8, 4) is 11.3 Å². The minimum atomic E-state index is -0.0761. The molecule has 1 fully saturated rings. The van der Waals surface area contributed by atoms with Crippen LogP contribution in [0.1, 0.15) is 28.9 Å². The lowest BCUT2D eigenvalue weighted by Crippen LogP contribution is -2.42. The van der Waals surface area contributed by atoms with Gasteiger partial charge in [0.1, 0.15) is 5.69 Å². The minimum absolute atomic E-state index is 0.0761. The number of hydrogen-bond donors (Lipinski definition) is 3. The number of nitrogens with zero attached hydrogens (tertiary/aromatic N) is 1. The standard InChI is InChI=1S/C16H20N4O/c1-11-2-4-12(5-3-11)14-10-15(20-19-14)16(21)18-13-6-8-17-9-7-13/h2-5,10,13,17H,6-9H2,1H3,(H,18,21)(H,19,20). The average molecular weight is 284 g/mol. The summed E-state index contributed by atoms with van der Waals surface area (Å²) in [4.78, 5) is 12.2. The molecule has 110 valence electrons. The lowest BCUT2D eigenvalue weighted by molar-refractivity contribution is 0.0924. The van der Waals surface area contributed by atoms with Crippen molar-refractivity contribution in [1.82, 2.24) is 20.8 Å². The highest BCUT2D eigenvalue weighted by atomic mass is 16.2. The second-order valence-corrected chi connectivity index (χ2v) is 5.53. The molecule has 3 rings (SSSR count). The number of H-pyrrole nitrogens is 1. The summed E-state index contributed by atoms with van der Waals surface area (Å²) >= 11 is 0. The van der Waals surface area contributed by atoms with E-state index >= 15 is 0 Å². The average Bonchev–Trinajstić information content (AvgIpc) is 2.99. The van der Waals surface area contributed by atoms with Crippen molar-refractivity contribution in [3.63, 3.8) is 0 Å². The fraction of sp³-hybridized carbons (Fsp3) is 0.375. The van der Waals surface area contributed by atoms with Crippen molar-refractivity contribution in [2.45, 2.75) is 25.8 Å². The first-order valence-corrected chi connectivity index (χ1v) is 7.36. The van der Waals surface area contributed by atoms with Gasteiger partial charge in [0.15, 0.2) is 0 Å². The van der Waals surface area contributed by atoms with Crippen molar-refractivity contribution in [1.29, 1.82) is 0 Å². The lowest BCUT2D eigenvalue weighted by Gasteiger charge is -2.23. The Labute approximate surface area is 124 Å². The Morgan fingerprint density at radius 2 is 1.95 bits per heavy atom. The van der Waals surface area contributed by atoms with Crippen LogP contribution in [0.25, 0.3) is 11.3 Å². The largest absolute Gasteiger partial charge is 0.348 e. The van der Waals surface area contributed by atoms with Crippen molar-refractivity contribution < 1.29 is 4.79 Å². The van der Waals surface area contributed by atoms with Crippen LogP contribution in [0, 0.1) is 6.92 Å². The SMILES string of the molecule is Cc1ccc(-c2cc(C(=O)NC3CCNCC3)[nH]n2)cc1. The molecule has 1 aliphatic rings. The number of carbonyl (C=O) groups is 1. The zero-order valence-corrected chi connectivity index (χ0v) is 12.1. The van der Waals surface area contributed by atoms with Crippen LogP contribution in [-0.2, 0) is 0 Å². The molecule has 1 saturated heterocycles. The highest BCUT2D eigenvalue weighted by Crippen LogP contribution is 2.18. The van der Waals surface area contributed by atoms with E-state index in [0.29, 0.717) is 5.69 Å². The third-order valence-corrected chi connectivity index (χ3v) is 3.84. The van der Waals surface area contributed by atoms with Crippen LogP contribution in [0.4, 0.5) is 0 Å². The summed E-state index contributed by atoms with van der Waals surface area (Å²) in [6.45, 7) is 3.97. The number of carbonyl (C=O) groups excluding carboxylic acids is 1. The fourth-order valence-electron chi connectivity index (χ4n) is 2.54. The highest BCUT2D eigenvalue weighted by Gasteiger charge is 2.18. The van der Waals surface area contributed by atoms with Gasteiger partial charge in [-0.3, -0.25) is 9.89 Å². The van der Waals surface area contributed by atoms with Gasteiger partial charge >= 0.3 is 0 Å². The van der Waals surface area contributed by atoms with Crippen LogP contribution in [-0.4, -0.2) is 35.2 Å². The van der Waals surface area contributed by atoms with Crippen LogP contribution >= 0.6 is 0 Å². The minimum Gasteiger partial charge on any atom is -0.348 e. The normalized spacial score (nSPS) is 15.9. The smallest absolute Gasteiger partial charge is 0.269 e. The van der Waals surface area contributed by atoms with Gasteiger partial charge in [0.25, 0.3) is 5.91 Å². The number of rotatable bonds is 3. The Kier molecular flexibility index (Phi) is 4.01. The van der Waals surface area contributed by atoms with Crippen molar-refractivity contribution in [3.05, 3.63) is 41.6 Å². The third kappa shape index (κ3) is 3.31. The van der Waals surface area contributed by atoms with Crippen molar-refractivity contribution in [2.75, 3.05) is 13.1 Å². The molecule has 0 aliphatic carbocycles. The van der Waals surface area contributed by atoms with E-state index in [1.165, 1.54) is 5.56 Å². The second-order valence-electron chi connectivity index (χ2n) is 5.53. The highest BCUT2D eigenvalue weighted by molar-refractivity contribution is 5.93. The van der Waals surface area contributed by atoms with Gasteiger partial charge in [-0.05, 0) is 38.9 Å². The van der Waals surface area contributed by atoms with Crippen LogP contribution in [0.3, 0.4) is 0 Å². The summed E-state index contributed by atoms with van der Waals surface area (Å²) in [6.07, 6.45) is 1.95. The number of amides is 1.